The highest BCUT2D eigenvalue weighted by Gasteiger charge is 2.26. The van der Waals surface area contributed by atoms with Crippen LogP contribution in [0.15, 0.2) is 81.7 Å². The summed E-state index contributed by atoms with van der Waals surface area (Å²) in [6.07, 6.45) is 0. The Bertz CT molecular complexity index is 830. The first-order valence-corrected chi connectivity index (χ1v) is 8.47. The van der Waals surface area contributed by atoms with Crippen molar-refractivity contribution in [3.05, 3.63) is 82.3 Å². The molecule has 1 unspecified atom stereocenters. The van der Waals surface area contributed by atoms with Crippen LogP contribution in [-0.2, 0) is 0 Å². The lowest BCUT2D eigenvalue weighted by atomic mass is 10.2. The molecule has 0 fully saturated rings. The highest BCUT2D eigenvalue weighted by molar-refractivity contribution is 7.09. The lowest BCUT2D eigenvalue weighted by molar-refractivity contribution is -0.739. The molecule has 0 aliphatic carbocycles. The fourth-order valence-corrected chi connectivity index (χ4v) is 2.74. The van der Waals surface area contributed by atoms with E-state index in [9.17, 15) is 0 Å². The Labute approximate surface area is 161 Å². The zero-order valence-corrected chi connectivity index (χ0v) is 16.3. The van der Waals surface area contributed by atoms with Gasteiger partial charge in [-0.25, -0.2) is 4.98 Å². The highest BCUT2D eigenvalue weighted by Crippen LogP contribution is 2.08. The molecule has 0 amide bonds. The lowest BCUT2D eigenvalue weighted by Crippen LogP contribution is -3.04. The van der Waals surface area contributed by atoms with E-state index in [0.717, 1.165) is 27.8 Å². The van der Waals surface area contributed by atoms with Gasteiger partial charge in [-0.05, 0) is 26.0 Å². The van der Waals surface area contributed by atoms with E-state index in [1.165, 1.54) is 4.88 Å². The zero-order chi connectivity index (χ0) is 16.8. The third-order valence-corrected chi connectivity index (χ3v) is 4.45. The average Bonchev–Trinajstić information content (AvgIpc) is 3.27. The molecule has 0 bridgehead atoms. The number of hydrogen-bond acceptors (Lipinski definition) is 5. The summed E-state index contributed by atoms with van der Waals surface area (Å²) in [6, 6.07) is 20.0. The summed E-state index contributed by atoms with van der Waals surface area (Å²) in [6.45, 7) is 4.10. The van der Waals surface area contributed by atoms with Crippen LogP contribution in [-0.4, -0.2) is 10.8 Å². The third kappa shape index (κ3) is 4.88. The maximum absolute atomic E-state index is 4.10. The van der Waals surface area contributed by atoms with Crippen molar-refractivity contribution in [1.82, 2.24) is 4.98 Å². The van der Waals surface area contributed by atoms with Gasteiger partial charge in [-0.3, -0.25) is 0 Å². The minimum absolute atomic E-state index is 0. The summed E-state index contributed by atoms with van der Waals surface area (Å²) in [5.74, 6) is 0.830. The molecule has 0 saturated carbocycles. The first-order valence-electron chi connectivity index (χ1n) is 7.59. The SMILES string of the molecule is Cc1ncsc1C.[Br-].c1ccc(C2=NN=N[NH+]2c2ccccc2)cc1. The van der Waals surface area contributed by atoms with Crippen LogP contribution in [0.1, 0.15) is 16.1 Å². The number of aromatic nitrogens is 1. The topological polar surface area (TPSA) is 54.4 Å². The van der Waals surface area contributed by atoms with Gasteiger partial charge in [0.25, 0.3) is 5.84 Å². The predicted octanol–water partition coefficient (Wildman–Crippen LogP) is 0.710. The van der Waals surface area contributed by atoms with Gasteiger partial charge in [0, 0.05) is 22.2 Å². The number of quaternary nitrogens is 1. The normalized spacial score (nSPS) is 15.0. The number of para-hydroxylation sites is 1. The van der Waals surface area contributed by atoms with Gasteiger partial charge in [0.15, 0.2) is 5.69 Å². The summed E-state index contributed by atoms with van der Waals surface area (Å²) in [7, 11) is 0. The number of halogens is 1. The monoisotopic (exact) mass is 415 g/mol. The molecule has 2 aromatic carbocycles. The number of hydrogen-bond donors (Lipinski definition) is 1. The fraction of sp³-hybridized carbons (Fsp3) is 0.111. The van der Waals surface area contributed by atoms with E-state index in [4.69, 9.17) is 0 Å². The van der Waals surface area contributed by atoms with Crippen molar-refractivity contribution in [2.45, 2.75) is 13.8 Å². The smallest absolute Gasteiger partial charge is 0.287 e. The summed E-state index contributed by atoms with van der Waals surface area (Å²) >= 11 is 1.69. The molecule has 3 aromatic rings. The summed E-state index contributed by atoms with van der Waals surface area (Å²) in [5.41, 5.74) is 5.10. The van der Waals surface area contributed by atoms with Crippen molar-refractivity contribution < 1.29 is 22.0 Å². The van der Waals surface area contributed by atoms with E-state index in [2.05, 4.69) is 27.5 Å². The van der Waals surface area contributed by atoms with Crippen molar-refractivity contribution in [3.8, 4) is 0 Å². The third-order valence-electron chi connectivity index (χ3n) is 3.59. The standard InChI is InChI=1S/C13H10N4.C5H7NS.BrH/c1-3-7-11(8-4-1)13-14-15-16-17(13)12-9-5-2-6-10-12;1-4-5(2)7-3-6-4;/h1-10H;3H,1-2H3;1H. The van der Waals surface area contributed by atoms with E-state index < -0.39 is 0 Å². The maximum atomic E-state index is 4.10. The minimum atomic E-state index is 0. The lowest BCUT2D eigenvalue weighted by Gasteiger charge is -2.07. The van der Waals surface area contributed by atoms with Gasteiger partial charge in [0.2, 0.25) is 0 Å². The Kier molecular flexibility index (Phi) is 7.12. The van der Waals surface area contributed by atoms with Gasteiger partial charge in [-0.1, -0.05) is 41.5 Å². The van der Waals surface area contributed by atoms with Crippen LogP contribution < -0.4 is 22.0 Å². The zero-order valence-electron chi connectivity index (χ0n) is 13.9. The molecule has 0 spiro atoms. The van der Waals surface area contributed by atoms with Crippen LogP contribution in [0.3, 0.4) is 0 Å². The molecule has 25 heavy (non-hydrogen) atoms. The number of thiazole rings is 1. The van der Waals surface area contributed by atoms with E-state index in [0.29, 0.717) is 0 Å². The highest BCUT2D eigenvalue weighted by atomic mass is 79.9. The molecule has 1 aliphatic heterocycles. The van der Waals surface area contributed by atoms with Crippen LogP contribution >= 0.6 is 11.3 Å². The van der Waals surface area contributed by atoms with Crippen molar-refractivity contribution in [1.29, 1.82) is 0 Å². The number of aryl methyl sites for hydroxylation is 2. The van der Waals surface area contributed by atoms with Gasteiger partial charge >= 0.3 is 0 Å². The van der Waals surface area contributed by atoms with Gasteiger partial charge in [-0.2, -0.15) is 0 Å². The molecule has 0 saturated heterocycles. The molecule has 0 radical (unpaired) electrons. The molecule has 1 atom stereocenters. The summed E-state index contributed by atoms with van der Waals surface area (Å²) < 4.78 is 0. The van der Waals surface area contributed by atoms with E-state index >= 15 is 0 Å². The van der Waals surface area contributed by atoms with Crippen molar-refractivity contribution in [2.75, 3.05) is 0 Å². The molecule has 1 aliphatic rings. The van der Waals surface area contributed by atoms with E-state index in [-0.39, 0.29) is 17.0 Å². The van der Waals surface area contributed by atoms with Crippen LogP contribution in [0, 0.1) is 13.8 Å². The first kappa shape index (κ1) is 19.1. The Hall–Kier alpha value is -2.22. The molecule has 7 heteroatoms. The molecule has 5 nitrogen and oxygen atoms in total. The molecule has 1 N–H and O–H groups in total. The number of rotatable bonds is 2. The average molecular weight is 416 g/mol. The van der Waals surface area contributed by atoms with E-state index in [1.54, 1.807) is 11.3 Å². The minimum Gasteiger partial charge on any atom is -1.00 e. The van der Waals surface area contributed by atoms with E-state index in [1.807, 2.05) is 73.1 Å². The second-order valence-electron chi connectivity index (χ2n) is 5.21. The largest absolute Gasteiger partial charge is 1.00 e. The van der Waals surface area contributed by atoms with Crippen molar-refractivity contribution in [2.24, 2.45) is 15.5 Å². The van der Waals surface area contributed by atoms with Gasteiger partial charge in [-0.15, -0.1) is 16.3 Å². The molecule has 4 rings (SSSR count). The number of nitrogens with zero attached hydrogens (tertiary/aromatic N) is 4. The second-order valence-corrected chi connectivity index (χ2v) is 6.27. The van der Waals surface area contributed by atoms with Gasteiger partial charge in [0.05, 0.1) is 22.0 Å². The van der Waals surface area contributed by atoms with Gasteiger partial charge < -0.3 is 17.0 Å². The van der Waals surface area contributed by atoms with Crippen LogP contribution in [0.5, 0.6) is 0 Å². The molecule has 1 aromatic heterocycles. The van der Waals surface area contributed by atoms with Crippen molar-refractivity contribution in [3.63, 3.8) is 0 Å². The maximum Gasteiger partial charge on any atom is 0.287 e. The fourth-order valence-electron chi connectivity index (χ4n) is 2.15. The Morgan fingerprint density at radius 3 is 2.04 bits per heavy atom. The van der Waals surface area contributed by atoms with Crippen LogP contribution in [0.4, 0.5) is 5.69 Å². The summed E-state index contributed by atoms with van der Waals surface area (Å²) in [5, 5.41) is 12.8. The number of nitrogens with one attached hydrogen (secondary N) is 1. The Morgan fingerprint density at radius 1 is 0.880 bits per heavy atom. The molecular formula is C18H18BrN5S. The molecule has 2 heterocycles. The number of benzene rings is 2. The second kappa shape index (κ2) is 9.31. The summed E-state index contributed by atoms with van der Waals surface area (Å²) in [4.78, 5) is 5.35. The van der Waals surface area contributed by atoms with Crippen molar-refractivity contribution >= 4 is 22.9 Å². The first-order chi connectivity index (χ1) is 11.8. The molecule has 128 valence electrons. The van der Waals surface area contributed by atoms with Crippen LogP contribution in [0.25, 0.3) is 0 Å². The quantitative estimate of drug-likeness (QED) is 0.658. The Balaban J connectivity index is 0.000000240. The van der Waals surface area contributed by atoms with Gasteiger partial charge in [0.1, 0.15) is 0 Å². The van der Waals surface area contributed by atoms with Crippen LogP contribution in [0.2, 0.25) is 0 Å². The number of amidine groups is 1. The predicted molar refractivity (Wildman–Crippen MR) is 96.5 cm³/mol. The Morgan fingerprint density at radius 2 is 1.52 bits per heavy atom. The molecular weight excluding hydrogens is 398 g/mol.